The topological polar surface area (TPSA) is 12.4 Å². The van der Waals surface area contributed by atoms with Crippen LogP contribution in [0.1, 0.15) is 27.2 Å². The zero-order valence-electron chi connectivity index (χ0n) is 7.22. The summed E-state index contributed by atoms with van der Waals surface area (Å²) in [6.07, 6.45) is 3.08. The summed E-state index contributed by atoms with van der Waals surface area (Å²) in [6.45, 7) is 6.57. The molecule has 1 rings (SSSR count). The number of allylic oxidation sites excluding steroid dienone is 3. The van der Waals surface area contributed by atoms with Crippen LogP contribution in [0.2, 0.25) is 0 Å². The van der Waals surface area contributed by atoms with Crippen molar-refractivity contribution in [3.05, 3.63) is 16.6 Å². The molecule has 0 saturated heterocycles. The number of hydrogen-bond donors (Lipinski definition) is 0. The lowest BCUT2D eigenvalue weighted by Crippen LogP contribution is -1.96. The van der Waals surface area contributed by atoms with Gasteiger partial charge >= 0.3 is 0 Å². The van der Waals surface area contributed by atoms with Crippen molar-refractivity contribution in [3.8, 4) is 0 Å². The zero-order valence-corrected chi connectivity index (χ0v) is 8.03. The van der Waals surface area contributed by atoms with E-state index < -0.39 is 0 Å². The SMILES string of the molecule is CCC1=C(C(C)C)C=C=NS1. The Morgan fingerprint density at radius 3 is 2.82 bits per heavy atom. The van der Waals surface area contributed by atoms with Crippen LogP contribution in [0.25, 0.3) is 0 Å². The second-order valence-electron chi connectivity index (χ2n) is 2.84. The molecule has 0 spiro atoms. The van der Waals surface area contributed by atoms with Gasteiger partial charge in [-0.1, -0.05) is 20.8 Å². The first-order valence-electron chi connectivity index (χ1n) is 3.94. The Bertz CT molecular complexity index is 232. The van der Waals surface area contributed by atoms with Gasteiger partial charge in [0, 0.05) is 22.9 Å². The van der Waals surface area contributed by atoms with E-state index in [1.54, 1.807) is 11.9 Å². The van der Waals surface area contributed by atoms with Gasteiger partial charge in [-0.3, -0.25) is 0 Å². The third-order valence-electron chi connectivity index (χ3n) is 1.69. The molecule has 0 aliphatic carbocycles. The molecule has 0 unspecified atom stereocenters. The largest absolute Gasteiger partial charge is 0.168 e. The summed E-state index contributed by atoms with van der Waals surface area (Å²) in [7, 11) is 0. The van der Waals surface area contributed by atoms with Gasteiger partial charge in [0.05, 0.1) is 0 Å². The first-order valence-corrected chi connectivity index (χ1v) is 4.72. The minimum atomic E-state index is 0.598. The Kier molecular flexibility index (Phi) is 2.98. The lowest BCUT2D eigenvalue weighted by Gasteiger charge is -2.12. The van der Waals surface area contributed by atoms with E-state index in [0.29, 0.717) is 5.92 Å². The van der Waals surface area contributed by atoms with E-state index in [4.69, 9.17) is 0 Å². The molecule has 0 radical (unpaired) electrons. The summed E-state index contributed by atoms with van der Waals surface area (Å²) in [5, 5.41) is 0. The molecule has 0 aromatic carbocycles. The van der Waals surface area contributed by atoms with Crippen LogP contribution in [0.15, 0.2) is 21.0 Å². The summed E-state index contributed by atoms with van der Waals surface area (Å²) < 4.78 is 4.02. The summed E-state index contributed by atoms with van der Waals surface area (Å²) >= 11 is 1.56. The molecule has 1 aliphatic rings. The molecule has 0 aromatic heterocycles. The average Bonchev–Trinajstić information content (AvgIpc) is 2.04. The minimum Gasteiger partial charge on any atom is -0.168 e. The van der Waals surface area contributed by atoms with Crippen molar-refractivity contribution in [2.45, 2.75) is 27.2 Å². The van der Waals surface area contributed by atoms with Crippen molar-refractivity contribution in [2.24, 2.45) is 10.3 Å². The highest BCUT2D eigenvalue weighted by Crippen LogP contribution is 2.30. The molecule has 1 heterocycles. The Hall–Kier alpha value is -0.460. The van der Waals surface area contributed by atoms with Crippen LogP contribution in [-0.2, 0) is 0 Å². The van der Waals surface area contributed by atoms with Gasteiger partial charge in [-0.05, 0) is 23.8 Å². The summed E-state index contributed by atoms with van der Waals surface area (Å²) in [5.74, 6) is 3.48. The fourth-order valence-corrected chi connectivity index (χ4v) is 1.81. The van der Waals surface area contributed by atoms with E-state index in [0.717, 1.165) is 6.42 Å². The summed E-state index contributed by atoms with van der Waals surface area (Å²) in [4.78, 5) is 1.39. The Morgan fingerprint density at radius 1 is 1.64 bits per heavy atom. The van der Waals surface area contributed by atoms with Gasteiger partial charge in [-0.25, -0.2) is 0 Å². The molecule has 60 valence electrons. The molecule has 0 atom stereocenters. The lowest BCUT2D eigenvalue weighted by molar-refractivity contribution is 0.783. The fourth-order valence-electron chi connectivity index (χ4n) is 1.07. The maximum atomic E-state index is 4.02. The van der Waals surface area contributed by atoms with Crippen LogP contribution in [0.3, 0.4) is 0 Å². The van der Waals surface area contributed by atoms with Crippen LogP contribution in [0.4, 0.5) is 0 Å². The van der Waals surface area contributed by atoms with E-state index in [2.05, 4.69) is 31.0 Å². The van der Waals surface area contributed by atoms with Crippen LogP contribution in [0.5, 0.6) is 0 Å². The second kappa shape index (κ2) is 3.80. The van der Waals surface area contributed by atoms with Crippen LogP contribution in [-0.4, -0.2) is 5.87 Å². The molecule has 0 fully saturated rings. The van der Waals surface area contributed by atoms with E-state index in [-0.39, 0.29) is 0 Å². The standard InChI is InChI=1S/C9H13NS/c1-4-9-8(7(2)3)5-6-10-11-9/h5,7H,4H2,1-3H3. The summed E-state index contributed by atoms with van der Waals surface area (Å²) in [6, 6.07) is 0. The van der Waals surface area contributed by atoms with Gasteiger partial charge in [0.2, 0.25) is 0 Å². The minimum absolute atomic E-state index is 0.598. The first kappa shape index (κ1) is 8.63. The monoisotopic (exact) mass is 167 g/mol. The van der Waals surface area contributed by atoms with Gasteiger partial charge < -0.3 is 0 Å². The van der Waals surface area contributed by atoms with Gasteiger partial charge in [-0.2, -0.15) is 4.40 Å². The van der Waals surface area contributed by atoms with Crippen molar-refractivity contribution in [3.63, 3.8) is 0 Å². The molecule has 0 aromatic rings. The highest BCUT2D eigenvalue weighted by Gasteiger charge is 2.09. The highest BCUT2D eigenvalue weighted by atomic mass is 32.2. The normalized spacial score (nSPS) is 16.7. The third kappa shape index (κ3) is 1.98. The Balaban J connectivity index is 2.92. The van der Waals surface area contributed by atoms with E-state index in [1.807, 2.05) is 6.08 Å². The van der Waals surface area contributed by atoms with Crippen LogP contribution >= 0.6 is 11.9 Å². The van der Waals surface area contributed by atoms with Crippen molar-refractivity contribution in [1.82, 2.24) is 0 Å². The fraction of sp³-hybridized carbons (Fsp3) is 0.556. The molecule has 2 heteroatoms. The summed E-state index contributed by atoms with van der Waals surface area (Å²) in [5.41, 5.74) is 1.40. The maximum Gasteiger partial charge on any atom is 0.0166 e. The highest BCUT2D eigenvalue weighted by molar-refractivity contribution is 8.02. The molecular weight excluding hydrogens is 154 g/mol. The predicted octanol–water partition coefficient (Wildman–Crippen LogP) is 3.19. The van der Waals surface area contributed by atoms with E-state index >= 15 is 0 Å². The smallest absolute Gasteiger partial charge is 0.0166 e. The van der Waals surface area contributed by atoms with E-state index in [1.165, 1.54) is 10.5 Å². The first-order chi connectivity index (χ1) is 5.25. The van der Waals surface area contributed by atoms with Gasteiger partial charge in [0.25, 0.3) is 0 Å². The predicted molar refractivity (Wildman–Crippen MR) is 51.8 cm³/mol. The van der Waals surface area contributed by atoms with Crippen LogP contribution < -0.4 is 0 Å². The van der Waals surface area contributed by atoms with Gasteiger partial charge in [-0.15, -0.1) is 0 Å². The lowest BCUT2D eigenvalue weighted by atomic mass is 10.0. The molecule has 0 N–H and O–H groups in total. The molecule has 0 bridgehead atoms. The molecule has 1 nitrogen and oxygen atoms in total. The zero-order chi connectivity index (χ0) is 8.27. The van der Waals surface area contributed by atoms with Crippen molar-refractivity contribution >= 4 is 17.8 Å². The Morgan fingerprint density at radius 2 is 2.36 bits per heavy atom. The van der Waals surface area contributed by atoms with Gasteiger partial charge in [0.1, 0.15) is 0 Å². The van der Waals surface area contributed by atoms with Crippen molar-refractivity contribution in [2.75, 3.05) is 0 Å². The van der Waals surface area contributed by atoms with Crippen LogP contribution in [0, 0.1) is 5.92 Å². The maximum absolute atomic E-state index is 4.02. The molecule has 0 saturated carbocycles. The Labute approximate surface area is 72.4 Å². The molecule has 11 heavy (non-hydrogen) atoms. The quantitative estimate of drug-likeness (QED) is 0.575. The average molecular weight is 167 g/mol. The van der Waals surface area contributed by atoms with Crippen molar-refractivity contribution < 1.29 is 0 Å². The van der Waals surface area contributed by atoms with Gasteiger partial charge in [0.15, 0.2) is 0 Å². The molecular formula is C9H13NS. The van der Waals surface area contributed by atoms with Crippen molar-refractivity contribution in [1.29, 1.82) is 0 Å². The molecule has 1 aliphatic heterocycles. The number of rotatable bonds is 2. The number of nitrogens with zero attached hydrogens (tertiary/aromatic N) is 1. The third-order valence-corrected chi connectivity index (χ3v) is 2.64. The van der Waals surface area contributed by atoms with E-state index in [9.17, 15) is 0 Å². The number of hydrogen-bond acceptors (Lipinski definition) is 2. The molecule has 0 amide bonds. The second-order valence-corrected chi connectivity index (χ2v) is 3.70.